The molecular formula is C18H17NO7S2. The van der Waals surface area contributed by atoms with Crippen LogP contribution in [0.1, 0.15) is 0 Å². The van der Waals surface area contributed by atoms with Crippen LogP contribution >= 0.6 is 0 Å². The molecule has 3 N–H and O–H groups in total. The molecular weight excluding hydrogens is 406 g/mol. The van der Waals surface area contributed by atoms with Gasteiger partial charge in [0, 0.05) is 25.3 Å². The van der Waals surface area contributed by atoms with E-state index in [2.05, 4.69) is 0 Å². The minimum absolute atomic E-state index is 0.0182. The number of nitrogens with zero attached hydrogens (tertiary/aromatic N) is 1. The van der Waals surface area contributed by atoms with E-state index in [9.17, 15) is 31.0 Å². The molecule has 0 heterocycles. The van der Waals surface area contributed by atoms with Crippen molar-refractivity contribution >= 4 is 36.7 Å². The first-order valence-corrected chi connectivity index (χ1v) is 10.8. The van der Waals surface area contributed by atoms with Crippen molar-refractivity contribution in [1.29, 1.82) is 0 Å². The molecule has 10 heteroatoms. The topological polar surface area (TPSA) is 132 Å². The van der Waals surface area contributed by atoms with Gasteiger partial charge < -0.3 is 10.0 Å². The van der Waals surface area contributed by atoms with Gasteiger partial charge in [-0.25, -0.2) is 0 Å². The molecule has 3 aromatic rings. The zero-order valence-corrected chi connectivity index (χ0v) is 16.5. The summed E-state index contributed by atoms with van der Waals surface area (Å²) in [4.78, 5) is 0.747. The number of hydrogen-bond donors (Lipinski definition) is 3. The van der Waals surface area contributed by atoms with E-state index in [1.54, 1.807) is 24.3 Å². The second kappa shape index (κ2) is 6.74. The molecule has 0 bridgehead atoms. The molecule has 0 aliphatic carbocycles. The molecule has 0 unspecified atom stereocenters. The lowest BCUT2D eigenvalue weighted by molar-refractivity contribution is 0.444. The number of hydrogen-bond acceptors (Lipinski definition) is 6. The fourth-order valence-corrected chi connectivity index (χ4v) is 4.31. The van der Waals surface area contributed by atoms with E-state index in [1.807, 2.05) is 19.0 Å². The average molecular weight is 423 g/mol. The van der Waals surface area contributed by atoms with Gasteiger partial charge >= 0.3 is 0 Å². The van der Waals surface area contributed by atoms with Crippen LogP contribution in [-0.4, -0.2) is 45.1 Å². The van der Waals surface area contributed by atoms with Gasteiger partial charge in [0.15, 0.2) is 0 Å². The van der Waals surface area contributed by atoms with E-state index >= 15 is 0 Å². The van der Waals surface area contributed by atoms with Crippen LogP contribution in [0.25, 0.3) is 21.9 Å². The third kappa shape index (κ3) is 3.67. The summed E-state index contributed by atoms with van der Waals surface area (Å²) in [6.07, 6.45) is 0. The quantitative estimate of drug-likeness (QED) is 0.546. The molecule has 3 aromatic carbocycles. The first kappa shape index (κ1) is 20.1. The maximum atomic E-state index is 11.9. The van der Waals surface area contributed by atoms with Gasteiger partial charge in [-0.05, 0) is 46.7 Å². The fraction of sp³-hybridized carbons (Fsp3) is 0.111. The smallest absolute Gasteiger partial charge is 0.298 e. The Morgan fingerprint density at radius 3 is 1.93 bits per heavy atom. The van der Waals surface area contributed by atoms with Crippen LogP contribution in [0.4, 0.5) is 5.69 Å². The van der Waals surface area contributed by atoms with Gasteiger partial charge in [0.2, 0.25) is 0 Å². The van der Waals surface area contributed by atoms with Crippen LogP contribution in [0.2, 0.25) is 0 Å². The van der Waals surface area contributed by atoms with Crippen LogP contribution in [-0.2, 0) is 20.2 Å². The number of benzene rings is 3. The molecule has 0 radical (unpaired) electrons. The number of rotatable bonds is 4. The van der Waals surface area contributed by atoms with Gasteiger partial charge in [-0.2, -0.15) is 16.8 Å². The maximum Gasteiger partial charge on any atom is 0.298 e. The normalized spacial score (nSPS) is 12.3. The van der Waals surface area contributed by atoms with E-state index in [-0.39, 0.29) is 16.3 Å². The standard InChI is InChI=1S/C18H17NO7S2/c1-19(2)13-5-3-11(4-6-13)17-15-8-7-14(27(21,22)23)9-12(15)10-16(20)18(17)28(24,25)26/h3-10,20H,1-2H3,(H,21,22,23)(H,24,25,26). The first-order chi connectivity index (χ1) is 12.9. The average Bonchev–Trinajstić information content (AvgIpc) is 2.58. The third-order valence-electron chi connectivity index (χ3n) is 4.27. The molecule has 148 valence electrons. The van der Waals surface area contributed by atoms with E-state index in [0.717, 1.165) is 23.9 Å². The summed E-state index contributed by atoms with van der Waals surface area (Å²) < 4.78 is 65.6. The monoisotopic (exact) mass is 423 g/mol. The van der Waals surface area contributed by atoms with Crippen molar-refractivity contribution in [2.24, 2.45) is 0 Å². The van der Waals surface area contributed by atoms with Crippen molar-refractivity contribution in [1.82, 2.24) is 0 Å². The molecule has 28 heavy (non-hydrogen) atoms. The summed E-state index contributed by atoms with van der Waals surface area (Å²) in [5.41, 5.74) is 1.25. The summed E-state index contributed by atoms with van der Waals surface area (Å²) in [5, 5.41) is 10.7. The summed E-state index contributed by atoms with van der Waals surface area (Å²) in [7, 11) is -5.62. The number of aromatic hydroxyl groups is 1. The Morgan fingerprint density at radius 2 is 1.43 bits per heavy atom. The Morgan fingerprint density at radius 1 is 0.821 bits per heavy atom. The van der Waals surface area contributed by atoms with Crippen LogP contribution < -0.4 is 4.90 Å². The molecule has 0 atom stereocenters. The highest BCUT2D eigenvalue weighted by Gasteiger charge is 2.25. The fourth-order valence-electron chi connectivity index (χ4n) is 2.99. The van der Waals surface area contributed by atoms with E-state index < -0.39 is 35.8 Å². The predicted octanol–water partition coefficient (Wildman–Crippen LogP) is 2.77. The molecule has 0 aliphatic rings. The Bertz CT molecular complexity index is 1280. The highest BCUT2D eigenvalue weighted by molar-refractivity contribution is 7.86. The lowest BCUT2D eigenvalue weighted by atomic mass is 9.97. The zero-order chi connectivity index (χ0) is 20.9. The Balaban J connectivity index is 2.43. The number of phenolic OH excluding ortho intramolecular Hbond substituents is 1. The Labute approximate surface area is 162 Å². The summed E-state index contributed by atoms with van der Waals surface area (Å²) in [5.74, 6) is -0.742. The molecule has 3 rings (SSSR count). The van der Waals surface area contributed by atoms with Crippen LogP contribution in [0, 0.1) is 0 Å². The van der Waals surface area contributed by atoms with Gasteiger partial charge in [-0.15, -0.1) is 0 Å². The van der Waals surface area contributed by atoms with Crippen LogP contribution in [0.5, 0.6) is 5.75 Å². The third-order valence-corrected chi connectivity index (χ3v) is 6.05. The molecule has 0 aliphatic heterocycles. The number of fused-ring (bicyclic) bond motifs is 1. The van der Waals surface area contributed by atoms with Crippen LogP contribution in [0.3, 0.4) is 0 Å². The minimum atomic E-state index is -4.80. The highest BCUT2D eigenvalue weighted by Crippen LogP contribution is 2.41. The molecule has 0 saturated heterocycles. The van der Waals surface area contributed by atoms with E-state index in [4.69, 9.17) is 0 Å². The lowest BCUT2D eigenvalue weighted by Gasteiger charge is -2.16. The molecule has 0 aromatic heterocycles. The van der Waals surface area contributed by atoms with Crippen molar-refractivity contribution in [2.45, 2.75) is 9.79 Å². The predicted molar refractivity (Wildman–Crippen MR) is 105 cm³/mol. The molecule has 0 saturated carbocycles. The molecule has 0 fully saturated rings. The number of anilines is 1. The zero-order valence-electron chi connectivity index (χ0n) is 14.9. The van der Waals surface area contributed by atoms with Gasteiger partial charge in [0.1, 0.15) is 10.6 Å². The van der Waals surface area contributed by atoms with Crippen LogP contribution in [0.15, 0.2) is 58.3 Å². The van der Waals surface area contributed by atoms with E-state index in [0.29, 0.717) is 5.56 Å². The van der Waals surface area contributed by atoms with Gasteiger partial charge in [0.25, 0.3) is 20.2 Å². The first-order valence-electron chi connectivity index (χ1n) is 7.92. The second-order valence-electron chi connectivity index (χ2n) is 6.37. The SMILES string of the molecule is CN(C)c1ccc(-c2c(S(=O)(=O)O)c(O)cc3cc(S(=O)(=O)O)ccc23)cc1. The minimum Gasteiger partial charge on any atom is -0.506 e. The summed E-state index contributed by atoms with van der Waals surface area (Å²) in [6.45, 7) is 0. The molecule has 0 spiro atoms. The van der Waals surface area contributed by atoms with Crippen molar-refractivity contribution in [2.75, 3.05) is 19.0 Å². The van der Waals surface area contributed by atoms with Gasteiger partial charge in [-0.1, -0.05) is 18.2 Å². The molecule has 8 nitrogen and oxygen atoms in total. The highest BCUT2D eigenvalue weighted by atomic mass is 32.2. The summed E-state index contributed by atoms with van der Waals surface area (Å²) in [6, 6.07) is 11.2. The number of phenols is 1. The van der Waals surface area contributed by atoms with Gasteiger partial charge in [-0.3, -0.25) is 9.11 Å². The van der Waals surface area contributed by atoms with Crippen molar-refractivity contribution in [3.8, 4) is 16.9 Å². The largest absolute Gasteiger partial charge is 0.506 e. The lowest BCUT2D eigenvalue weighted by Crippen LogP contribution is -2.08. The van der Waals surface area contributed by atoms with Gasteiger partial charge in [0.05, 0.1) is 4.90 Å². The Kier molecular flexibility index (Phi) is 4.84. The van der Waals surface area contributed by atoms with Crippen molar-refractivity contribution in [3.63, 3.8) is 0 Å². The van der Waals surface area contributed by atoms with Crippen molar-refractivity contribution in [3.05, 3.63) is 48.5 Å². The molecule has 0 amide bonds. The maximum absolute atomic E-state index is 11.9. The second-order valence-corrected chi connectivity index (χ2v) is 9.15. The summed E-state index contributed by atoms with van der Waals surface area (Å²) >= 11 is 0. The Hall–Kier alpha value is -2.66. The van der Waals surface area contributed by atoms with Crippen molar-refractivity contribution < 1.29 is 31.0 Å². The van der Waals surface area contributed by atoms with E-state index in [1.165, 1.54) is 6.07 Å².